The van der Waals surface area contributed by atoms with Crippen LogP contribution in [-0.2, 0) is 0 Å². The predicted molar refractivity (Wildman–Crippen MR) is 74.8 cm³/mol. The molecule has 0 saturated carbocycles. The van der Waals surface area contributed by atoms with E-state index in [-0.39, 0.29) is 0 Å². The summed E-state index contributed by atoms with van der Waals surface area (Å²) in [4.78, 5) is 13.0. The molecule has 0 fully saturated rings. The third-order valence-electron chi connectivity index (χ3n) is 2.36. The average Bonchev–Trinajstić information content (AvgIpc) is 2.32. The molecule has 0 spiro atoms. The molecule has 86 valence electrons. The van der Waals surface area contributed by atoms with Crippen LogP contribution in [0.4, 0.5) is 0 Å². The van der Waals surface area contributed by atoms with Crippen molar-refractivity contribution in [1.82, 2.24) is 0 Å². The molecule has 17 heavy (non-hydrogen) atoms. The first-order valence-electron chi connectivity index (χ1n) is 5.18. The summed E-state index contributed by atoms with van der Waals surface area (Å²) in [7, 11) is 0. The molecule has 3 heteroatoms. The average molecular weight is 307 g/mol. The van der Waals surface area contributed by atoms with Crippen molar-refractivity contribution in [3.05, 3.63) is 58.1 Å². The Hall–Kier alpha value is -1.06. The second-order valence-corrected chi connectivity index (χ2v) is 5.73. The highest BCUT2D eigenvalue weighted by atomic mass is 79.9. The smallest absolute Gasteiger partial charge is 0.150 e. The molecule has 0 radical (unpaired) electrons. The van der Waals surface area contributed by atoms with E-state index >= 15 is 0 Å². The molecule has 0 N–H and O–H groups in total. The summed E-state index contributed by atoms with van der Waals surface area (Å²) >= 11 is 5.16. The van der Waals surface area contributed by atoms with Crippen LogP contribution in [0.25, 0.3) is 0 Å². The fourth-order valence-corrected chi connectivity index (χ4v) is 3.01. The van der Waals surface area contributed by atoms with Gasteiger partial charge in [-0.25, -0.2) is 0 Å². The molecule has 1 nitrogen and oxygen atoms in total. The molecule has 2 aromatic rings. The molecule has 0 aliphatic carbocycles. The number of hydrogen-bond acceptors (Lipinski definition) is 2. The highest BCUT2D eigenvalue weighted by Crippen LogP contribution is 2.31. The first-order valence-corrected chi connectivity index (χ1v) is 6.79. The van der Waals surface area contributed by atoms with Gasteiger partial charge in [-0.3, -0.25) is 4.79 Å². The van der Waals surface area contributed by atoms with Crippen LogP contribution in [0.3, 0.4) is 0 Å². The van der Waals surface area contributed by atoms with Crippen LogP contribution in [0.2, 0.25) is 0 Å². The molecule has 2 rings (SSSR count). The van der Waals surface area contributed by atoms with E-state index in [1.165, 1.54) is 9.79 Å². The normalized spacial score (nSPS) is 10.2. The molecular formula is C14H11BrOS. The maximum Gasteiger partial charge on any atom is 0.150 e. The Bertz CT molecular complexity index is 552. The summed E-state index contributed by atoms with van der Waals surface area (Å²) in [5.74, 6) is 0. The van der Waals surface area contributed by atoms with E-state index in [0.29, 0.717) is 0 Å². The molecule has 0 aliphatic rings. The Kier molecular flexibility index (Phi) is 4.02. The molecule has 0 amide bonds. The van der Waals surface area contributed by atoms with Crippen molar-refractivity contribution in [2.24, 2.45) is 0 Å². The van der Waals surface area contributed by atoms with Gasteiger partial charge in [-0.1, -0.05) is 39.8 Å². The van der Waals surface area contributed by atoms with Gasteiger partial charge in [0.15, 0.2) is 0 Å². The Balaban J connectivity index is 2.27. The lowest BCUT2D eigenvalue weighted by Gasteiger charge is -2.06. The first-order chi connectivity index (χ1) is 8.19. The molecule has 0 unspecified atom stereocenters. The van der Waals surface area contributed by atoms with E-state index in [1.54, 1.807) is 11.8 Å². The van der Waals surface area contributed by atoms with Gasteiger partial charge >= 0.3 is 0 Å². The Morgan fingerprint density at radius 2 is 2.00 bits per heavy atom. The van der Waals surface area contributed by atoms with E-state index in [9.17, 15) is 4.79 Å². The van der Waals surface area contributed by atoms with Crippen molar-refractivity contribution < 1.29 is 4.79 Å². The van der Waals surface area contributed by atoms with Gasteiger partial charge in [-0.05, 0) is 42.8 Å². The number of benzene rings is 2. The molecular weight excluding hydrogens is 296 g/mol. The van der Waals surface area contributed by atoms with Crippen LogP contribution < -0.4 is 0 Å². The maximum absolute atomic E-state index is 10.7. The highest BCUT2D eigenvalue weighted by Gasteiger charge is 2.02. The number of aldehydes is 1. The highest BCUT2D eigenvalue weighted by molar-refractivity contribution is 9.10. The summed E-state index contributed by atoms with van der Waals surface area (Å²) in [6.07, 6.45) is 0.876. The standard InChI is InChI=1S/C14H11BrOS/c1-10-7-11(9-16)5-6-14(10)17-13-4-2-3-12(15)8-13/h2-9H,1H3. The minimum atomic E-state index is 0.723. The van der Waals surface area contributed by atoms with Gasteiger partial charge < -0.3 is 0 Å². The number of aryl methyl sites for hydroxylation is 1. The summed E-state index contributed by atoms with van der Waals surface area (Å²) in [6.45, 7) is 2.02. The summed E-state index contributed by atoms with van der Waals surface area (Å²) < 4.78 is 1.07. The fraction of sp³-hybridized carbons (Fsp3) is 0.0714. The summed E-state index contributed by atoms with van der Waals surface area (Å²) in [5, 5.41) is 0. The molecule has 0 atom stereocenters. The third kappa shape index (κ3) is 3.20. The molecule has 0 bridgehead atoms. The monoisotopic (exact) mass is 306 g/mol. The fourth-order valence-electron chi connectivity index (χ4n) is 1.52. The van der Waals surface area contributed by atoms with Gasteiger partial charge in [0.2, 0.25) is 0 Å². The van der Waals surface area contributed by atoms with Crippen molar-refractivity contribution in [3.63, 3.8) is 0 Å². The van der Waals surface area contributed by atoms with Crippen molar-refractivity contribution in [1.29, 1.82) is 0 Å². The molecule has 0 aliphatic heterocycles. The predicted octanol–water partition coefficient (Wildman–Crippen LogP) is 4.72. The van der Waals surface area contributed by atoms with Crippen LogP contribution >= 0.6 is 27.7 Å². The van der Waals surface area contributed by atoms with Gasteiger partial charge in [0.25, 0.3) is 0 Å². The zero-order valence-electron chi connectivity index (χ0n) is 9.31. The lowest BCUT2D eigenvalue weighted by molar-refractivity contribution is 0.112. The lowest BCUT2D eigenvalue weighted by Crippen LogP contribution is -1.84. The molecule has 0 saturated heterocycles. The van der Waals surface area contributed by atoms with Crippen molar-refractivity contribution in [2.75, 3.05) is 0 Å². The largest absolute Gasteiger partial charge is 0.298 e. The zero-order chi connectivity index (χ0) is 12.3. The minimum absolute atomic E-state index is 0.723. The number of halogens is 1. The molecule has 0 heterocycles. The van der Waals surface area contributed by atoms with Gasteiger partial charge in [-0.15, -0.1) is 0 Å². The topological polar surface area (TPSA) is 17.1 Å². The Labute approximate surface area is 113 Å². The lowest BCUT2D eigenvalue weighted by atomic mass is 10.2. The third-order valence-corrected chi connectivity index (χ3v) is 4.02. The van der Waals surface area contributed by atoms with Crippen molar-refractivity contribution in [2.45, 2.75) is 16.7 Å². The number of rotatable bonds is 3. The Morgan fingerprint density at radius 1 is 1.18 bits per heavy atom. The summed E-state index contributed by atoms with van der Waals surface area (Å²) in [6, 6.07) is 13.9. The molecule has 2 aromatic carbocycles. The second kappa shape index (κ2) is 5.52. The van der Waals surface area contributed by atoms with Gasteiger partial charge in [0.05, 0.1) is 0 Å². The maximum atomic E-state index is 10.7. The summed E-state index contributed by atoms with van der Waals surface area (Å²) in [5.41, 5.74) is 1.85. The number of carbonyl (C=O) groups excluding carboxylic acids is 1. The van der Waals surface area contributed by atoms with Gasteiger partial charge in [0, 0.05) is 19.8 Å². The Morgan fingerprint density at radius 3 is 2.65 bits per heavy atom. The van der Waals surface area contributed by atoms with E-state index in [1.807, 2.05) is 37.3 Å². The van der Waals surface area contributed by atoms with Crippen LogP contribution in [-0.4, -0.2) is 6.29 Å². The van der Waals surface area contributed by atoms with E-state index in [0.717, 1.165) is 21.9 Å². The van der Waals surface area contributed by atoms with Crippen LogP contribution in [0.15, 0.2) is 56.7 Å². The van der Waals surface area contributed by atoms with Crippen molar-refractivity contribution >= 4 is 34.0 Å². The zero-order valence-corrected chi connectivity index (χ0v) is 11.7. The van der Waals surface area contributed by atoms with E-state index in [2.05, 4.69) is 28.1 Å². The second-order valence-electron chi connectivity index (χ2n) is 3.70. The minimum Gasteiger partial charge on any atom is -0.298 e. The van der Waals surface area contributed by atoms with Crippen LogP contribution in [0.5, 0.6) is 0 Å². The quantitative estimate of drug-likeness (QED) is 0.763. The van der Waals surface area contributed by atoms with E-state index in [4.69, 9.17) is 0 Å². The SMILES string of the molecule is Cc1cc(C=O)ccc1Sc1cccc(Br)c1. The van der Waals surface area contributed by atoms with E-state index < -0.39 is 0 Å². The van der Waals surface area contributed by atoms with Gasteiger partial charge in [0.1, 0.15) is 6.29 Å². The van der Waals surface area contributed by atoms with Gasteiger partial charge in [-0.2, -0.15) is 0 Å². The van der Waals surface area contributed by atoms with Crippen molar-refractivity contribution in [3.8, 4) is 0 Å². The first kappa shape index (κ1) is 12.4. The molecule has 0 aromatic heterocycles. The van der Waals surface area contributed by atoms with Crippen LogP contribution in [0.1, 0.15) is 15.9 Å². The van der Waals surface area contributed by atoms with Crippen LogP contribution in [0, 0.1) is 6.92 Å². The number of hydrogen-bond donors (Lipinski definition) is 0. The number of carbonyl (C=O) groups is 1.